The fourth-order valence-electron chi connectivity index (χ4n) is 2.17. The number of hydrogen-bond acceptors (Lipinski definition) is 4. The minimum absolute atomic E-state index is 0.316. The molecule has 3 rings (SSSR count). The van der Waals surface area contributed by atoms with Crippen molar-refractivity contribution in [2.24, 2.45) is 0 Å². The fourth-order valence-corrected chi connectivity index (χ4v) is 2.17. The Morgan fingerprint density at radius 2 is 1.95 bits per heavy atom. The minimum atomic E-state index is -0.316. The van der Waals surface area contributed by atoms with Gasteiger partial charge in [-0.25, -0.2) is 4.52 Å². The second-order valence-electron chi connectivity index (χ2n) is 4.64. The van der Waals surface area contributed by atoms with Crippen molar-refractivity contribution in [1.29, 1.82) is 5.26 Å². The monoisotopic (exact) mass is 291 g/mol. The lowest BCUT2D eigenvalue weighted by Crippen LogP contribution is -2.16. The Morgan fingerprint density at radius 1 is 1.18 bits per heavy atom. The van der Waals surface area contributed by atoms with Crippen LogP contribution < -0.4 is 10.6 Å². The molecule has 3 aromatic rings. The van der Waals surface area contributed by atoms with Gasteiger partial charge in [0.15, 0.2) is 0 Å². The molecule has 6 nitrogen and oxygen atoms in total. The number of benzene rings is 1. The van der Waals surface area contributed by atoms with E-state index in [2.05, 4.69) is 21.8 Å². The van der Waals surface area contributed by atoms with Crippen LogP contribution in [0.15, 0.2) is 48.5 Å². The lowest BCUT2D eigenvalue weighted by Gasteiger charge is -2.07. The quantitative estimate of drug-likeness (QED) is 0.776. The van der Waals surface area contributed by atoms with Crippen LogP contribution in [0, 0.1) is 11.3 Å². The van der Waals surface area contributed by atoms with Gasteiger partial charge < -0.3 is 10.6 Å². The number of carbonyl (C=O) groups excluding carboxylic acids is 1. The van der Waals surface area contributed by atoms with Crippen LogP contribution in [0.2, 0.25) is 0 Å². The Labute approximate surface area is 127 Å². The van der Waals surface area contributed by atoms with Crippen molar-refractivity contribution in [2.75, 3.05) is 17.7 Å². The van der Waals surface area contributed by atoms with Gasteiger partial charge in [0.2, 0.25) is 0 Å². The van der Waals surface area contributed by atoms with Crippen molar-refractivity contribution in [3.8, 4) is 6.07 Å². The minimum Gasteiger partial charge on any atom is -0.372 e. The highest BCUT2D eigenvalue weighted by atomic mass is 16.2. The molecule has 0 saturated heterocycles. The predicted octanol–water partition coefficient (Wildman–Crippen LogP) is 2.50. The molecule has 0 aliphatic heterocycles. The summed E-state index contributed by atoms with van der Waals surface area (Å²) >= 11 is 0. The van der Waals surface area contributed by atoms with E-state index in [-0.39, 0.29) is 5.91 Å². The van der Waals surface area contributed by atoms with Crippen molar-refractivity contribution in [3.05, 3.63) is 59.8 Å². The number of hydrogen-bond donors (Lipinski definition) is 2. The Balaban J connectivity index is 1.97. The summed E-state index contributed by atoms with van der Waals surface area (Å²) in [5.41, 5.74) is 2.12. The highest BCUT2D eigenvalue weighted by molar-refractivity contribution is 6.04. The van der Waals surface area contributed by atoms with Crippen LogP contribution in [0.4, 0.5) is 11.5 Å². The zero-order valence-electron chi connectivity index (χ0n) is 11.9. The topological polar surface area (TPSA) is 82.2 Å². The van der Waals surface area contributed by atoms with Crippen molar-refractivity contribution in [3.63, 3.8) is 0 Å². The van der Waals surface area contributed by atoms with E-state index in [9.17, 15) is 4.79 Å². The van der Waals surface area contributed by atoms with E-state index in [4.69, 9.17) is 5.26 Å². The number of carbonyl (C=O) groups is 1. The molecule has 0 atom stereocenters. The second kappa shape index (κ2) is 5.58. The number of para-hydroxylation sites is 1. The van der Waals surface area contributed by atoms with E-state index in [0.29, 0.717) is 22.8 Å². The number of nitriles is 1. The van der Waals surface area contributed by atoms with Gasteiger partial charge in [0.1, 0.15) is 17.6 Å². The summed E-state index contributed by atoms with van der Waals surface area (Å²) in [5.74, 6) is 0.346. The summed E-state index contributed by atoms with van der Waals surface area (Å²) in [6, 6.07) is 16.1. The third kappa shape index (κ3) is 2.36. The Kier molecular flexibility index (Phi) is 3.46. The average Bonchev–Trinajstić information content (AvgIpc) is 2.98. The molecular weight excluding hydrogens is 278 g/mol. The maximum Gasteiger partial charge on any atom is 0.274 e. The molecule has 0 bridgehead atoms. The van der Waals surface area contributed by atoms with E-state index in [1.54, 1.807) is 41.9 Å². The molecule has 0 saturated carbocycles. The molecule has 0 unspecified atom stereocenters. The molecule has 2 N–H and O–H groups in total. The molecule has 0 radical (unpaired) electrons. The standard InChI is InChI=1S/C16H13N5O/c1-18-15-9-7-12-6-8-14(21(12)20-15)16(22)19-13-5-3-2-4-11(13)10-17/h2-9H,1H3,(H,18,20)(H,19,22). The third-order valence-electron chi connectivity index (χ3n) is 3.29. The molecule has 6 heteroatoms. The van der Waals surface area contributed by atoms with Crippen LogP contribution in [0.5, 0.6) is 0 Å². The maximum atomic E-state index is 12.5. The molecule has 0 aliphatic rings. The smallest absolute Gasteiger partial charge is 0.274 e. The molecule has 1 aromatic carbocycles. The first kappa shape index (κ1) is 13.6. The fraction of sp³-hybridized carbons (Fsp3) is 0.0625. The highest BCUT2D eigenvalue weighted by Gasteiger charge is 2.14. The van der Waals surface area contributed by atoms with Crippen molar-refractivity contribution in [2.45, 2.75) is 0 Å². The van der Waals surface area contributed by atoms with E-state index in [1.165, 1.54) is 0 Å². The summed E-state index contributed by atoms with van der Waals surface area (Å²) in [5, 5.41) is 19.1. The van der Waals surface area contributed by atoms with Gasteiger partial charge in [-0.2, -0.15) is 5.26 Å². The summed E-state index contributed by atoms with van der Waals surface area (Å²) in [6.45, 7) is 0. The van der Waals surface area contributed by atoms with Gasteiger partial charge in [-0.15, -0.1) is 5.10 Å². The Hall–Kier alpha value is -3.33. The number of fused-ring (bicyclic) bond motifs is 1. The van der Waals surface area contributed by atoms with E-state index in [0.717, 1.165) is 5.52 Å². The molecule has 1 amide bonds. The molecule has 0 aliphatic carbocycles. The van der Waals surface area contributed by atoms with Crippen molar-refractivity contribution in [1.82, 2.24) is 9.61 Å². The van der Waals surface area contributed by atoms with E-state index in [1.807, 2.05) is 18.2 Å². The zero-order valence-corrected chi connectivity index (χ0v) is 11.9. The van der Waals surface area contributed by atoms with Crippen molar-refractivity contribution >= 4 is 22.9 Å². The number of rotatable bonds is 3. The molecule has 0 spiro atoms. The predicted molar refractivity (Wildman–Crippen MR) is 83.8 cm³/mol. The summed E-state index contributed by atoms with van der Waals surface area (Å²) in [7, 11) is 1.76. The van der Waals surface area contributed by atoms with Crippen molar-refractivity contribution < 1.29 is 4.79 Å². The van der Waals surface area contributed by atoms with Gasteiger partial charge in [0.25, 0.3) is 5.91 Å². The lowest BCUT2D eigenvalue weighted by atomic mass is 10.2. The van der Waals surface area contributed by atoms with Gasteiger partial charge in [0, 0.05) is 7.05 Å². The summed E-state index contributed by atoms with van der Waals surface area (Å²) in [6.07, 6.45) is 0. The van der Waals surface area contributed by atoms with Crippen LogP contribution in [0.25, 0.3) is 5.52 Å². The third-order valence-corrected chi connectivity index (χ3v) is 3.29. The number of nitrogens with one attached hydrogen (secondary N) is 2. The highest BCUT2D eigenvalue weighted by Crippen LogP contribution is 2.17. The van der Waals surface area contributed by atoms with Gasteiger partial charge in [0.05, 0.1) is 16.8 Å². The zero-order chi connectivity index (χ0) is 15.5. The van der Waals surface area contributed by atoms with Gasteiger partial charge in [-0.3, -0.25) is 4.79 Å². The van der Waals surface area contributed by atoms with Gasteiger partial charge in [-0.1, -0.05) is 12.1 Å². The Bertz CT molecular complexity index is 891. The van der Waals surface area contributed by atoms with Crippen LogP contribution in [0.1, 0.15) is 16.1 Å². The molecular formula is C16H13N5O. The van der Waals surface area contributed by atoms with Crippen LogP contribution in [0.3, 0.4) is 0 Å². The van der Waals surface area contributed by atoms with E-state index >= 15 is 0 Å². The van der Waals surface area contributed by atoms with Crippen LogP contribution in [-0.4, -0.2) is 22.6 Å². The largest absolute Gasteiger partial charge is 0.372 e. The number of amides is 1. The first-order valence-electron chi connectivity index (χ1n) is 6.70. The molecule has 2 heterocycles. The van der Waals surface area contributed by atoms with Crippen LogP contribution >= 0.6 is 0 Å². The van der Waals surface area contributed by atoms with Gasteiger partial charge in [-0.05, 0) is 36.4 Å². The number of anilines is 2. The molecule has 2 aromatic heterocycles. The second-order valence-corrected chi connectivity index (χ2v) is 4.64. The summed E-state index contributed by atoms with van der Waals surface area (Å²) in [4.78, 5) is 12.5. The number of aromatic nitrogens is 2. The maximum absolute atomic E-state index is 12.5. The van der Waals surface area contributed by atoms with E-state index < -0.39 is 0 Å². The first-order valence-corrected chi connectivity index (χ1v) is 6.70. The first-order chi connectivity index (χ1) is 10.7. The molecule has 22 heavy (non-hydrogen) atoms. The molecule has 108 valence electrons. The Morgan fingerprint density at radius 3 is 2.73 bits per heavy atom. The van der Waals surface area contributed by atoms with Crippen LogP contribution in [-0.2, 0) is 0 Å². The normalized spacial score (nSPS) is 10.2. The molecule has 0 fully saturated rings. The average molecular weight is 291 g/mol. The van der Waals surface area contributed by atoms with Gasteiger partial charge >= 0.3 is 0 Å². The lowest BCUT2D eigenvalue weighted by molar-refractivity contribution is 0.102. The number of nitrogens with zero attached hydrogens (tertiary/aromatic N) is 3. The SMILES string of the molecule is CNc1ccc2ccc(C(=O)Nc3ccccc3C#N)n2n1. The summed E-state index contributed by atoms with van der Waals surface area (Å²) < 4.78 is 1.57.